The molecule has 0 amide bonds. The molecule has 96 valence electrons. The maximum Gasteiger partial charge on any atom is 0.298 e. The van der Waals surface area contributed by atoms with Crippen LogP contribution in [0.3, 0.4) is 0 Å². The Bertz CT molecular complexity index is 523. The first-order valence-electron chi connectivity index (χ1n) is 6.37. The number of rotatable bonds is 2. The molecule has 3 rings (SSSR count). The van der Waals surface area contributed by atoms with E-state index in [1.165, 1.54) is 0 Å². The minimum Gasteiger partial charge on any atom is -0.423 e. The highest BCUT2D eigenvalue weighted by atomic mass is 16.4. The Morgan fingerprint density at radius 1 is 1.39 bits per heavy atom. The highest BCUT2D eigenvalue weighted by Crippen LogP contribution is 2.31. The van der Waals surface area contributed by atoms with Crippen LogP contribution in [0.5, 0.6) is 0 Å². The quantitative estimate of drug-likeness (QED) is 0.884. The van der Waals surface area contributed by atoms with Crippen molar-refractivity contribution in [3.63, 3.8) is 0 Å². The van der Waals surface area contributed by atoms with E-state index in [4.69, 9.17) is 4.42 Å². The second-order valence-corrected chi connectivity index (χ2v) is 5.55. The monoisotopic (exact) mass is 246 g/mol. The summed E-state index contributed by atoms with van der Waals surface area (Å²) < 4.78 is 5.75. The third-order valence-corrected chi connectivity index (χ3v) is 3.74. The molecule has 1 aliphatic heterocycles. The summed E-state index contributed by atoms with van der Waals surface area (Å²) in [5.74, 6) is 0.271. The van der Waals surface area contributed by atoms with Crippen molar-refractivity contribution in [2.75, 3.05) is 18.0 Å². The molecule has 1 saturated heterocycles. The van der Waals surface area contributed by atoms with Gasteiger partial charge in [0, 0.05) is 19.0 Å². The van der Waals surface area contributed by atoms with E-state index in [-0.39, 0.29) is 5.92 Å². The van der Waals surface area contributed by atoms with E-state index in [1.54, 1.807) is 0 Å². The van der Waals surface area contributed by atoms with Gasteiger partial charge in [-0.2, -0.15) is 4.98 Å². The van der Waals surface area contributed by atoms with Gasteiger partial charge in [0.05, 0.1) is 5.60 Å². The Balaban J connectivity index is 1.84. The van der Waals surface area contributed by atoms with Crippen molar-refractivity contribution in [1.29, 1.82) is 0 Å². The first-order chi connectivity index (χ1) is 8.54. The fraction of sp³-hybridized carbons (Fsp3) is 0.500. The van der Waals surface area contributed by atoms with Crippen molar-refractivity contribution >= 4 is 17.1 Å². The molecule has 0 aliphatic carbocycles. The summed E-state index contributed by atoms with van der Waals surface area (Å²) in [7, 11) is 0. The van der Waals surface area contributed by atoms with Gasteiger partial charge < -0.3 is 14.4 Å². The topological polar surface area (TPSA) is 49.5 Å². The minimum atomic E-state index is -0.638. The van der Waals surface area contributed by atoms with Gasteiger partial charge in [0.25, 0.3) is 6.01 Å². The van der Waals surface area contributed by atoms with E-state index in [2.05, 4.69) is 9.88 Å². The summed E-state index contributed by atoms with van der Waals surface area (Å²) in [6.45, 7) is 5.43. The van der Waals surface area contributed by atoms with E-state index in [1.807, 2.05) is 38.1 Å². The molecule has 0 saturated carbocycles. The molecular weight excluding hydrogens is 228 g/mol. The maximum atomic E-state index is 10.0. The SMILES string of the molecule is CC(C)(O)C1CCN(c2nc3ccccc3o2)C1. The summed E-state index contributed by atoms with van der Waals surface area (Å²) in [4.78, 5) is 6.60. The Morgan fingerprint density at radius 3 is 2.83 bits per heavy atom. The molecule has 1 N–H and O–H groups in total. The van der Waals surface area contributed by atoms with Crippen LogP contribution in [-0.2, 0) is 0 Å². The third-order valence-electron chi connectivity index (χ3n) is 3.74. The number of oxazole rings is 1. The van der Waals surface area contributed by atoms with Crippen LogP contribution in [0.15, 0.2) is 28.7 Å². The van der Waals surface area contributed by atoms with Crippen LogP contribution in [0.25, 0.3) is 11.1 Å². The van der Waals surface area contributed by atoms with Crippen molar-refractivity contribution in [2.45, 2.75) is 25.9 Å². The molecule has 0 radical (unpaired) electrons. The van der Waals surface area contributed by atoms with Crippen molar-refractivity contribution < 1.29 is 9.52 Å². The van der Waals surface area contributed by atoms with Gasteiger partial charge in [0.2, 0.25) is 0 Å². The summed E-state index contributed by atoms with van der Waals surface area (Å²) in [5.41, 5.74) is 1.07. The van der Waals surface area contributed by atoms with Crippen molar-refractivity contribution in [2.24, 2.45) is 5.92 Å². The number of anilines is 1. The van der Waals surface area contributed by atoms with Crippen LogP contribution in [0, 0.1) is 5.92 Å². The molecule has 18 heavy (non-hydrogen) atoms. The molecule has 1 aliphatic rings. The lowest BCUT2D eigenvalue weighted by Crippen LogP contribution is -2.33. The van der Waals surface area contributed by atoms with E-state index < -0.39 is 5.60 Å². The van der Waals surface area contributed by atoms with Crippen molar-refractivity contribution in [3.8, 4) is 0 Å². The average Bonchev–Trinajstić information content (AvgIpc) is 2.94. The first kappa shape index (κ1) is 11.5. The Hall–Kier alpha value is -1.55. The smallest absolute Gasteiger partial charge is 0.298 e. The van der Waals surface area contributed by atoms with Gasteiger partial charge >= 0.3 is 0 Å². The minimum absolute atomic E-state index is 0.271. The Morgan fingerprint density at radius 2 is 2.17 bits per heavy atom. The fourth-order valence-electron chi connectivity index (χ4n) is 2.51. The van der Waals surface area contributed by atoms with Gasteiger partial charge in [-0.1, -0.05) is 12.1 Å². The maximum absolute atomic E-state index is 10.0. The van der Waals surface area contributed by atoms with Gasteiger partial charge in [-0.3, -0.25) is 0 Å². The number of fused-ring (bicyclic) bond motifs is 1. The molecule has 0 spiro atoms. The fourth-order valence-corrected chi connectivity index (χ4v) is 2.51. The number of benzene rings is 1. The molecule has 0 bridgehead atoms. The number of hydrogen-bond donors (Lipinski definition) is 1. The summed E-state index contributed by atoms with van der Waals surface area (Å²) in [6, 6.07) is 8.45. The molecule has 1 aromatic heterocycles. The van der Waals surface area contributed by atoms with E-state index in [9.17, 15) is 5.11 Å². The highest BCUT2D eigenvalue weighted by Gasteiger charge is 2.35. The first-order valence-corrected chi connectivity index (χ1v) is 6.37. The van der Waals surface area contributed by atoms with Crippen LogP contribution in [0.4, 0.5) is 6.01 Å². The molecule has 4 heteroatoms. The zero-order valence-electron chi connectivity index (χ0n) is 10.8. The highest BCUT2D eigenvalue weighted by molar-refractivity contribution is 5.74. The van der Waals surface area contributed by atoms with E-state index in [0.29, 0.717) is 6.01 Å². The molecule has 1 atom stereocenters. The number of nitrogens with zero attached hydrogens (tertiary/aromatic N) is 2. The van der Waals surface area contributed by atoms with Gasteiger partial charge in [-0.25, -0.2) is 0 Å². The lowest BCUT2D eigenvalue weighted by Gasteiger charge is -2.25. The van der Waals surface area contributed by atoms with Crippen LogP contribution in [0.2, 0.25) is 0 Å². The number of hydrogen-bond acceptors (Lipinski definition) is 4. The summed E-state index contributed by atoms with van der Waals surface area (Å²) in [5, 5.41) is 10.0. The standard InChI is InChI=1S/C14H18N2O2/c1-14(2,17)10-7-8-16(9-10)13-15-11-5-3-4-6-12(11)18-13/h3-6,10,17H,7-9H2,1-2H3. The lowest BCUT2D eigenvalue weighted by molar-refractivity contribution is 0.0263. The number of aromatic nitrogens is 1. The molecular formula is C14H18N2O2. The molecule has 2 aromatic rings. The van der Waals surface area contributed by atoms with Crippen LogP contribution in [-0.4, -0.2) is 28.8 Å². The average molecular weight is 246 g/mol. The Kier molecular flexibility index (Phi) is 2.55. The molecule has 1 aromatic carbocycles. The van der Waals surface area contributed by atoms with Crippen LogP contribution < -0.4 is 4.90 Å². The zero-order chi connectivity index (χ0) is 12.8. The summed E-state index contributed by atoms with van der Waals surface area (Å²) >= 11 is 0. The van der Waals surface area contributed by atoms with Crippen molar-refractivity contribution in [1.82, 2.24) is 4.98 Å². The number of aliphatic hydroxyl groups is 1. The van der Waals surface area contributed by atoms with Gasteiger partial charge in [-0.05, 0) is 32.4 Å². The lowest BCUT2D eigenvalue weighted by atomic mass is 9.91. The molecule has 1 unspecified atom stereocenters. The predicted molar refractivity (Wildman–Crippen MR) is 70.6 cm³/mol. The van der Waals surface area contributed by atoms with Crippen molar-refractivity contribution in [3.05, 3.63) is 24.3 Å². The second kappa shape index (κ2) is 3.99. The zero-order valence-corrected chi connectivity index (χ0v) is 10.8. The van der Waals surface area contributed by atoms with E-state index >= 15 is 0 Å². The normalized spacial score (nSPS) is 20.8. The largest absolute Gasteiger partial charge is 0.423 e. The molecule has 1 fully saturated rings. The predicted octanol–water partition coefficient (Wildman–Crippen LogP) is 2.43. The van der Waals surface area contributed by atoms with Gasteiger partial charge in [0.15, 0.2) is 5.58 Å². The molecule has 4 nitrogen and oxygen atoms in total. The van der Waals surface area contributed by atoms with Gasteiger partial charge in [-0.15, -0.1) is 0 Å². The summed E-state index contributed by atoms with van der Waals surface area (Å²) in [6.07, 6.45) is 0.974. The van der Waals surface area contributed by atoms with Crippen LogP contribution >= 0.6 is 0 Å². The van der Waals surface area contributed by atoms with Gasteiger partial charge in [0.1, 0.15) is 5.52 Å². The number of para-hydroxylation sites is 2. The second-order valence-electron chi connectivity index (χ2n) is 5.55. The van der Waals surface area contributed by atoms with E-state index in [0.717, 1.165) is 30.6 Å². The van der Waals surface area contributed by atoms with Crippen LogP contribution in [0.1, 0.15) is 20.3 Å². The Labute approximate surface area is 106 Å². The molecule has 2 heterocycles. The third kappa shape index (κ3) is 1.97.